The smallest absolute Gasteiger partial charge is 0.234 e. The number of aromatic hydroxyl groups is 1. The normalized spacial score (nSPS) is 9.75. The second kappa shape index (κ2) is 6.64. The molecule has 0 bridgehead atoms. The van der Waals surface area contributed by atoms with E-state index in [-0.39, 0.29) is 17.4 Å². The molecule has 0 aliphatic rings. The van der Waals surface area contributed by atoms with Crippen molar-refractivity contribution in [1.82, 2.24) is 0 Å². The summed E-state index contributed by atoms with van der Waals surface area (Å²) < 4.78 is 0. The third-order valence-electron chi connectivity index (χ3n) is 2.48. The van der Waals surface area contributed by atoms with Crippen molar-refractivity contribution in [3.8, 4) is 11.8 Å². The molecule has 5 heteroatoms. The predicted molar refractivity (Wildman–Crippen MR) is 78.6 cm³/mol. The molecule has 20 heavy (non-hydrogen) atoms. The summed E-state index contributed by atoms with van der Waals surface area (Å²) in [5, 5.41) is 20.7. The van der Waals surface area contributed by atoms with Crippen molar-refractivity contribution in [1.29, 1.82) is 5.26 Å². The lowest BCUT2D eigenvalue weighted by Crippen LogP contribution is -2.13. The fourth-order valence-electron chi connectivity index (χ4n) is 1.55. The van der Waals surface area contributed by atoms with Crippen LogP contribution in [0, 0.1) is 11.3 Å². The van der Waals surface area contributed by atoms with Crippen LogP contribution in [0.2, 0.25) is 0 Å². The number of amides is 1. The Labute approximate surface area is 121 Å². The molecule has 0 aliphatic heterocycles. The second-order valence-electron chi connectivity index (χ2n) is 4.02. The van der Waals surface area contributed by atoms with Crippen LogP contribution in [0.4, 0.5) is 5.69 Å². The third kappa shape index (κ3) is 4.04. The molecule has 2 rings (SSSR count). The summed E-state index contributed by atoms with van der Waals surface area (Å²) in [5.41, 5.74) is 1.12. The van der Waals surface area contributed by atoms with E-state index in [9.17, 15) is 4.79 Å². The summed E-state index contributed by atoms with van der Waals surface area (Å²) >= 11 is 1.38. The summed E-state index contributed by atoms with van der Waals surface area (Å²) in [6, 6.07) is 15.5. The second-order valence-corrected chi connectivity index (χ2v) is 5.07. The summed E-state index contributed by atoms with van der Waals surface area (Å²) in [6.45, 7) is 0. The van der Waals surface area contributed by atoms with Gasteiger partial charge in [-0.15, -0.1) is 11.8 Å². The minimum atomic E-state index is -0.141. The first-order valence-corrected chi connectivity index (χ1v) is 6.88. The van der Waals surface area contributed by atoms with Crippen molar-refractivity contribution in [3.05, 3.63) is 54.1 Å². The maximum absolute atomic E-state index is 11.8. The number of benzene rings is 2. The predicted octanol–water partition coefficient (Wildman–Crippen LogP) is 2.99. The minimum absolute atomic E-state index is 0.141. The van der Waals surface area contributed by atoms with Gasteiger partial charge in [0.25, 0.3) is 0 Å². The number of carbonyl (C=O) groups is 1. The molecule has 0 saturated carbocycles. The highest BCUT2D eigenvalue weighted by Crippen LogP contribution is 2.21. The Bertz CT molecular complexity index is 648. The topological polar surface area (TPSA) is 73.1 Å². The number of phenolic OH excluding ortho intramolecular Hbond substituents is 1. The van der Waals surface area contributed by atoms with Gasteiger partial charge in [-0.3, -0.25) is 4.79 Å². The number of nitrogens with one attached hydrogen (secondary N) is 1. The minimum Gasteiger partial charge on any atom is -0.508 e. The average molecular weight is 284 g/mol. The zero-order valence-electron chi connectivity index (χ0n) is 10.5. The average Bonchev–Trinajstić information content (AvgIpc) is 2.47. The number of nitriles is 1. The zero-order chi connectivity index (χ0) is 14.4. The van der Waals surface area contributed by atoms with E-state index in [0.29, 0.717) is 11.3 Å². The van der Waals surface area contributed by atoms with Gasteiger partial charge in [-0.25, -0.2) is 0 Å². The van der Waals surface area contributed by atoms with E-state index < -0.39 is 0 Å². The van der Waals surface area contributed by atoms with Gasteiger partial charge in [-0.2, -0.15) is 5.26 Å². The first-order chi connectivity index (χ1) is 9.67. The summed E-state index contributed by atoms with van der Waals surface area (Å²) in [5.74, 6) is 0.326. The standard InChI is InChI=1S/C15H12N2O2S/c16-9-11-2-1-3-12(8-11)17-15(19)10-20-14-6-4-13(18)5-7-14/h1-8,18H,10H2,(H,17,19). The van der Waals surface area contributed by atoms with Crippen molar-refractivity contribution in [2.75, 3.05) is 11.1 Å². The number of nitrogens with zero attached hydrogens (tertiary/aromatic N) is 1. The number of anilines is 1. The zero-order valence-corrected chi connectivity index (χ0v) is 11.4. The maximum Gasteiger partial charge on any atom is 0.234 e. The van der Waals surface area contributed by atoms with Crippen LogP contribution < -0.4 is 5.32 Å². The Morgan fingerprint density at radius 3 is 2.70 bits per heavy atom. The van der Waals surface area contributed by atoms with Crippen LogP contribution in [0.5, 0.6) is 5.75 Å². The van der Waals surface area contributed by atoms with Crippen molar-refractivity contribution < 1.29 is 9.90 Å². The summed E-state index contributed by atoms with van der Waals surface area (Å²) in [4.78, 5) is 12.7. The highest BCUT2D eigenvalue weighted by molar-refractivity contribution is 8.00. The molecule has 0 heterocycles. The largest absolute Gasteiger partial charge is 0.508 e. The molecular weight excluding hydrogens is 272 g/mol. The van der Waals surface area contributed by atoms with E-state index >= 15 is 0 Å². The molecule has 0 atom stereocenters. The number of hydrogen-bond donors (Lipinski definition) is 2. The van der Waals surface area contributed by atoms with Gasteiger partial charge < -0.3 is 10.4 Å². The highest BCUT2D eigenvalue weighted by Gasteiger charge is 2.04. The van der Waals surface area contributed by atoms with Crippen molar-refractivity contribution >= 4 is 23.4 Å². The van der Waals surface area contributed by atoms with Crippen molar-refractivity contribution in [2.45, 2.75) is 4.90 Å². The molecule has 0 aliphatic carbocycles. The van der Waals surface area contributed by atoms with E-state index in [1.807, 2.05) is 6.07 Å². The van der Waals surface area contributed by atoms with Crippen LogP contribution in [0.1, 0.15) is 5.56 Å². The van der Waals surface area contributed by atoms with Crippen LogP contribution in [0.25, 0.3) is 0 Å². The SMILES string of the molecule is N#Cc1cccc(NC(=O)CSc2ccc(O)cc2)c1. The van der Waals surface area contributed by atoms with Crippen LogP contribution in [-0.2, 0) is 4.79 Å². The molecule has 4 nitrogen and oxygen atoms in total. The Balaban J connectivity index is 1.89. The van der Waals surface area contributed by atoms with Gasteiger partial charge in [0.15, 0.2) is 0 Å². The molecular formula is C15H12N2O2S. The van der Waals surface area contributed by atoms with Gasteiger partial charge in [0.2, 0.25) is 5.91 Å². The van der Waals surface area contributed by atoms with Gasteiger partial charge in [0.1, 0.15) is 5.75 Å². The van der Waals surface area contributed by atoms with Crippen LogP contribution in [0.3, 0.4) is 0 Å². The summed E-state index contributed by atoms with van der Waals surface area (Å²) in [6.07, 6.45) is 0. The van der Waals surface area contributed by atoms with Gasteiger partial charge in [-0.05, 0) is 42.5 Å². The molecule has 0 unspecified atom stereocenters. The Morgan fingerprint density at radius 1 is 1.25 bits per heavy atom. The fourth-order valence-corrected chi connectivity index (χ4v) is 2.25. The summed E-state index contributed by atoms with van der Waals surface area (Å²) in [7, 11) is 0. The Morgan fingerprint density at radius 2 is 2.00 bits per heavy atom. The van der Waals surface area contributed by atoms with Crippen LogP contribution >= 0.6 is 11.8 Å². The number of thioether (sulfide) groups is 1. The Hall–Kier alpha value is -2.45. The quantitative estimate of drug-likeness (QED) is 0.846. The van der Waals surface area contributed by atoms with Crippen molar-refractivity contribution in [3.63, 3.8) is 0 Å². The number of carbonyl (C=O) groups excluding carboxylic acids is 1. The van der Waals surface area contributed by atoms with Crippen molar-refractivity contribution in [2.24, 2.45) is 0 Å². The lowest BCUT2D eigenvalue weighted by atomic mass is 10.2. The fraction of sp³-hybridized carbons (Fsp3) is 0.0667. The first-order valence-electron chi connectivity index (χ1n) is 5.89. The first kappa shape index (κ1) is 14.0. The number of hydrogen-bond acceptors (Lipinski definition) is 4. The van der Waals surface area contributed by atoms with E-state index in [1.165, 1.54) is 11.8 Å². The van der Waals surface area contributed by atoms with E-state index in [2.05, 4.69) is 5.32 Å². The monoisotopic (exact) mass is 284 g/mol. The molecule has 0 fully saturated rings. The van der Waals surface area contributed by atoms with Crippen LogP contribution in [0.15, 0.2) is 53.4 Å². The third-order valence-corrected chi connectivity index (χ3v) is 3.49. The maximum atomic E-state index is 11.8. The van der Waals surface area contributed by atoms with Gasteiger partial charge >= 0.3 is 0 Å². The molecule has 0 saturated heterocycles. The number of rotatable bonds is 4. The van der Waals surface area contributed by atoms with Crippen LogP contribution in [-0.4, -0.2) is 16.8 Å². The van der Waals surface area contributed by atoms with E-state index in [1.54, 1.807) is 48.5 Å². The lowest BCUT2D eigenvalue weighted by Gasteiger charge is -2.05. The van der Waals surface area contributed by atoms with Gasteiger partial charge in [-0.1, -0.05) is 6.07 Å². The molecule has 1 amide bonds. The molecule has 100 valence electrons. The van der Waals surface area contributed by atoms with Gasteiger partial charge in [0.05, 0.1) is 17.4 Å². The molecule has 2 aromatic carbocycles. The van der Waals surface area contributed by atoms with E-state index in [4.69, 9.17) is 10.4 Å². The molecule has 0 spiro atoms. The highest BCUT2D eigenvalue weighted by atomic mass is 32.2. The Kier molecular flexibility index (Phi) is 4.64. The number of phenols is 1. The van der Waals surface area contributed by atoms with Gasteiger partial charge in [0, 0.05) is 10.6 Å². The molecule has 2 N–H and O–H groups in total. The molecule has 0 radical (unpaired) electrons. The molecule has 0 aromatic heterocycles. The lowest BCUT2D eigenvalue weighted by molar-refractivity contribution is -0.113. The molecule has 2 aromatic rings. The van der Waals surface area contributed by atoms with E-state index in [0.717, 1.165) is 4.90 Å².